The molecule has 4 nitrogen and oxygen atoms in total. The molecule has 0 aliphatic heterocycles. The standard InChI is InChI=1S/C13H14O4/c1-2-16-13(15)8-5-9-17-12-7-4-3-6-11(12)10-14/h3-8,10H,2,9H2,1H3/p+1/b8-5+. The highest BCUT2D eigenvalue weighted by molar-refractivity contribution is 5.82. The molecule has 17 heavy (non-hydrogen) atoms. The number of aldehydes is 1. The van der Waals surface area contributed by atoms with Crippen molar-refractivity contribution in [1.82, 2.24) is 0 Å². The Morgan fingerprint density at radius 3 is 2.88 bits per heavy atom. The lowest BCUT2D eigenvalue weighted by Crippen LogP contribution is -2.01. The van der Waals surface area contributed by atoms with Crippen LogP contribution in [0.1, 0.15) is 12.5 Å². The summed E-state index contributed by atoms with van der Waals surface area (Å²) in [6.07, 6.45) is 3.85. The summed E-state index contributed by atoms with van der Waals surface area (Å²) in [5.41, 5.74) is 0.594. The van der Waals surface area contributed by atoms with Gasteiger partial charge in [-0.3, -0.25) is 4.79 Å². The average Bonchev–Trinajstić information content (AvgIpc) is 2.35. The molecule has 1 rings (SSSR count). The second-order valence-corrected chi connectivity index (χ2v) is 3.13. The molecule has 0 fully saturated rings. The highest BCUT2D eigenvalue weighted by Gasteiger charge is 2.02. The van der Waals surface area contributed by atoms with Crippen LogP contribution in [0.5, 0.6) is 5.75 Å². The third-order valence-electron chi connectivity index (χ3n) is 1.93. The lowest BCUT2D eigenvalue weighted by Gasteiger charge is -2.03. The fraction of sp³-hybridized carbons (Fsp3) is 0.231. The average molecular weight is 235 g/mol. The van der Waals surface area contributed by atoms with Gasteiger partial charge >= 0.3 is 12.3 Å². The van der Waals surface area contributed by atoms with Gasteiger partial charge in [-0.2, -0.15) is 0 Å². The molecule has 0 aliphatic rings. The molecule has 0 atom stereocenters. The minimum Gasteiger partial charge on any atom is -0.489 e. The van der Waals surface area contributed by atoms with E-state index in [9.17, 15) is 4.79 Å². The fourth-order valence-corrected chi connectivity index (χ4v) is 1.19. The van der Waals surface area contributed by atoms with Crippen LogP contribution >= 0.6 is 0 Å². The summed E-state index contributed by atoms with van der Waals surface area (Å²) in [6.45, 7) is 2.34. The summed E-state index contributed by atoms with van der Waals surface area (Å²) < 4.78 is 10.1. The lowest BCUT2D eigenvalue weighted by atomic mass is 10.2. The van der Waals surface area contributed by atoms with Crippen molar-refractivity contribution < 1.29 is 19.1 Å². The molecule has 0 saturated carbocycles. The van der Waals surface area contributed by atoms with Crippen molar-refractivity contribution in [3.8, 4) is 5.75 Å². The third kappa shape index (κ3) is 4.51. The zero-order valence-electron chi connectivity index (χ0n) is 9.63. The predicted molar refractivity (Wildman–Crippen MR) is 64.8 cm³/mol. The van der Waals surface area contributed by atoms with Crippen molar-refractivity contribution in [2.24, 2.45) is 0 Å². The minimum atomic E-state index is -0.391. The van der Waals surface area contributed by atoms with Gasteiger partial charge in [0.25, 0.3) is 0 Å². The van der Waals surface area contributed by atoms with Crippen LogP contribution < -0.4 is 4.74 Å². The molecule has 90 valence electrons. The van der Waals surface area contributed by atoms with Gasteiger partial charge in [-0.15, -0.1) is 0 Å². The van der Waals surface area contributed by atoms with Gasteiger partial charge in [-0.1, -0.05) is 12.1 Å². The van der Waals surface area contributed by atoms with E-state index in [1.54, 1.807) is 37.3 Å². The summed E-state index contributed by atoms with van der Waals surface area (Å²) in [4.78, 5) is 19.9. The van der Waals surface area contributed by atoms with Crippen molar-refractivity contribution in [2.45, 2.75) is 6.92 Å². The van der Waals surface area contributed by atoms with E-state index >= 15 is 0 Å². The Bertz CT molecular complexity index is 410. The molecule has 0 radical (unpaired) electrons. The summed E-state index contributed by atoms with van der Waals surface area (Å²) in [7, 11) is 0. The van der Waals surface area contributed by atoms with Crippen molar-refractivity contribution in [1.29, 1.82) is 0 Å². The molecule has 0 heterocycles. The molecule has 0 unspecified atom stereocenters. The van der Waals surface area contributed by atoms with E-state index in [2.05, 4.69) is 0 Å². The maximum absolute atomic E-state index is 11.0. The largest absolute Gasteiger partial charge is 0.489 e. The first-order valence-electron chi connectivity index (χ1n) is 5.30. The minimum absolute atomic E-state index is 0.240. The topological polar surface area (TPSA) is 56.9 Å². The fourth-order valence-electron chi connectivity index (χ4n) is 1.19. The second-order valence-electron chi connectivity index (χ2n) is 3.13. The van der Waals surface area contributed by atoms with Crippen molar-refractivity contribution in [2.75, 3.05) is 13.2 Å². The number of para-hydroxylation sites is 1. The van der Waals surface area contributed by atoms with Gasteiger partial charge < -0.3 is 9.47 Å². The summed E-state index contributed by atoms with van der Waals surface area (Å²) in [6, 6.07) is 7.06. The van der Waals surface area contributed by atoms with Crippen LogP contribution in [0.2, 0.25) is 0 Å². The van der Waals surface area contributed by atoms with Crippen LogP contribution in [-0.2, 0) is 9.53 Å². The molecular formula is C13H15O4+. The zero-order valence-corrected chi connectivity index (χ0v) is 9.63. The van der Waals surface area contributed by atoms with Gasteiger partial charge in [0.05, 0.1) is 6.61 Å². The molecule has 1 N–H and O–H groups in total. The van der Waals surface area contributed by atoms with Crippen LogP contribution in [0.3, 0.4) is 0 Å². The summed E-state index contributed by atoms with van der Waals surface area (Å²) in [5, 5.41) is 0. The Hall–Kier alpha value is -2.10. The third-order valence-corrected chi connectivity index (χ3v) is 1.93. The highest BCUT2D eigenvalue weighted by Crippen LogP contribution is 2.15. The Balaban J connectivity index is 2.45. The van der Waals surface area contributed by atoms with E-state index in [4.69, 9.17) is 14.3 Å². The van der Waals surface area contributed by atoms with E-state index in [0.29, 0.717) is 17.9 Å². The van der Waals surface area contributed by atoms with Crippen LogP contribution in [0.4, 0.5) is 0 Å². The Morgan fingerprint density at radius 1 is 1.41 bits per heavy atom. The SMILES string of the molecule is CCOC(=O)/C=C/COc1ccccc1C=[OH+]. The molecule has 0 spiro atoms. The number of esters is 1. The van der Waals surface area contributed by atoms with Crippen LogP contribution in [0, 0.1) is 0 Å². The van der Waals surface area contributed by atoms with Gasteiger partial charge in [0.15, 0.2) is 0 Å². The highest BCUT2D eigenvalue weighted by atomic mass is 16.5. The molecule has 0 amide bonds. The summed E-state index contributed by atoms with van der Waals surface area (Å²) >= 11 is 0. The monoisotopic (exact) mass is 235 g/mol. The zero-order chi connectivity index (χ0) is 12.5. The van der Waals surface area contributed by atoms with Crippen molar-refractivity contribution in [3.05, 3.63) is 42.0 Å². The second kappa shape index (κ2) is 7.22. The smallest absolute Gasteiger partial charge is 0.330 e. The molecular weight excluding hydrogens is 220 g/mol. The predicted octanol–water partition coefficient (Wildman–Crippen LogP) is 1.71. The molecule has 0 aliphatic carbocycles. The van der Waals surface area contributed by atoms with Crippen LogP contribution in [0.15, 0.2) is 36.4 Å². The maximum Gasteiger partial charge on any atom is 0.330 e. The Morgan fingerprint density at radius 2 is 2.18 bits per heavy atom. The molecule has 0 bridgehead atoms. The first kappa shape index (κ1) is 13.0. The van der Waals surface area contributed by atoms with Gasteiger partial charge in [0.2, 0.25) is 0 Å². The van der Waals surface area contributed by atoms with E-state index in [0.717, 1.165) is 6.29 Å². The van der Waals surface area contributed by atoms with Crippen LogP contribution in [-0.4, -0.2) is 30.3 Å². The van der Waals surface area contributed by atoms with Gasteiger partial charge in [0.1, 0.15) is 17.9 Å². The first-order chi connectivity index (χ1) is 8.27. The summed E-state index contributed by atoms with van der Waals surface area (Å²) in [5.74, 6) is 0.168. The van der Waals surface area contributed by atoms with Crippen molar-refractivity contribution >= 4 is 12.3 Å². The normalized spacial score (nSPS) is 10.2. The Labute approximate surface area is 99.8 Å². The lowest BCUT2D eigenvalue weighted by molar-refractivity contribution is -0.137. The quantitative estimate of drug-likeness (QED) is 0.326. The molecule has 4 heteroatoms. The van der Waals surface area contributed by atoms with Gasteiger partial charge in [0, 0.05) is 6.08 Å². The number of hydrogen-bond donors (Lipinski definition) is 0. The number of hydrogen-bond acceptors (Lipinski definition) is 3. The Kier molecular flexibility index (Phi) is 5.51. The number of rotatable bonds is 6. The van der Waals surface area contributed by atoms with E-state index < -0.39 is 5.97 Å². The molecule has 0 saturated heterocycles. The molecule has 1 aromatic rings. The van der Waals surface area contributed by atoms with E-state index in [-0.39, 0.29) is 6.61 Å². The first-order valence-corrected chi connectivity index (χ1v) is 5.30. The molecule has 0 aromatic heterocycles. The van der Waals surface area contributed by atoms with E-state index in [1.165, 1.54) is 6.08 Å². The van der Waals surface area contributed by atoms with Gasteiger partial charge in [-0.05, 0) is 25.1 Å². The number of carbonyl (C=O) groups is 1. The number of carbonyl (C=O) groups excluding carboxylic acids is 2. The number of ether oxygens (including phenoxy) is 2. The number of benzene rings is 1. The maximum atomic E-state index is 11.0. The van der Waals surface area contributed by atoms with E-state index in [1.807, 2.05) is 0 Å². The van der Waals surface area contributed by atoms with Crippen molar-refractivity contribution in [3.63, 3.8) is 0 Å². The molecule has 1 aromatic carbocycles. The van der Waals surface area contributed by atoms with Gasteiger partial charge in [-0.25, -0.2) is 4.79 Å². The van der Waals surface area contributed by atoms with Crippen LogP contribution in [0.25, 0.3) is 0 Å².